The number of methoxy groups -OCH3 is 1. The van der Waals surface area contributed by atoms with Gasteiger partial charge in [-0.1, -0.05) is 30.3 Å². The summed E-state index contributed by atoms with van der Waals surface area (Å²) in [6.07, 6.45) is 0. The van der Waals surface area contributed by atoms with Crippen molar-refractivity contribution < 1.29 is 9.53 Å². The predicted molar refractivity (Wildman–Crippen MR) is 67.3 cm³/mol. The summed E-state index contributed by atoms with van der Waals surface area (Å²) in [6, 6.07) is 9.40. The van der Waals surface area contributed by atoms with E-state index in [1.165, 1.54) is 0 Å². The first-order valence-electron chi connectivity index (χ1n) is 5.90. The van der Waals surface area contributed by atoms with E-state index in [9.17, 15) is 4.79 Å². The third-order valence-corrected chi connectivity index (χ3v) is 2.84. The second-order valence-electron chi connectivity index (χ2n) is 4.06. The van der Waals surface area contributed by atoms with Gasteiger partial charge in [-0.05, 0) is 5.56 Å². The van der Waals surface area contributed by atoms with Gasteiger partial charge in [0.1, 0.15) is 6.04 Å². The zero-order valence-corrected chi connectivity index (χ0v) is 10.3. The van der Waals surface area contributed by atoms with Crippen LogP contribution in [0.4, 0.5) is 0 Å². The lowest BCUT2D eigenvalue weighted by molar-refractivity contribution is -0.123. The molecule has 98 valence electrons. The molecule has 0 bridgehead atoms. The number of carbonyl (C=O) groups is 1. The van der Waals surface area contributed by atoms with E-state index in [0.717, 1.165) is 5.56 Å². The molecule has 2 unspecified atom stereocenters. The molecule has 0 saturated carbocycles. The Labute approximate surface area is 106 Å². The van der Waals surface area contributed by atoms with Gasteiger partial charge in [0.2, 0.25) is 5.91 Å². The summed E-state index contributed by atoms with van der Waals surface area (Å²) in [6.45, 7) is 1.02. The van der Waals surface area contributed by atoms with Crippen molar-refractivity contribution in [2.75, 3.05) is 20.3 Å². The smallest absolute Gasteiger partial charge is 0.240 e. The third-order valence-electron chi connectivity index (χ3n) is 2.84. The van der Waals surface area contributed by atoms with Crippen LogP contribution in [0.25, 0.3) is 0 Å². The normalized spacial score (nSPS) is 22.9. The second-order valence-corrected chi connectivity index (χ2v) is 4.06. The molecule has 6 heteroatoms. The number of hydrogen-bond acceptors (Lipinski definition) is 5. The fourth-order valence-corrected chi connectivity index (χ4v) is 1.90. The van der Waals surface area contributed by atoms with Crippen LogP contribution in [-0.4, -0.2) is 32.2 Å². The van der Waals surface area contributed by atoms with Gasteiger partial charge in [-0.3, -0.25) is 4.79 Å². The molecule has 1 aliphatic heterocycles. The van der Waals surface area contributed by atoms with Gasteiger partial charge in [-0.25, -0.2) is 10.9 Å². The summed E-state index contributed by atoms with van der Waals surface area (Å²) in [5.74, 6) is -0.0570. The van der Waals surface area contributed by atoms with Crippen LogP contribution in [0.15, 0.2) is 30.3 Å². The maximum absolute atomic E-state index is 12.0. The lowest BCUT2D eigenvalue weighted by Crippen LogP contribution is -2.45. The first kappa shape index (κ1) is 13.0. The van der Waals surface area contributed by atoms with Gasteiger partial charge in [-0.2, -0.15) is 5.53 Å². The molecule has 1 aromatic carbocycles. The summed E-state index contributed by atoms with van der Waals surface area (Å²) >= 11 is 0. The highest BCUT2D eigenvalue weighted by Gasteiger charge is 2.33. The standard InChI is InChI=1S/C12H18N4O2/c1-18-8-7-13-12(17)11-10(14-16-15-11)9-5-3-2-4-6-9/h2-6,10-11,14-16H,7-8H2,1H3,(H,13,17). The first-order chi connectivity index (χ1) is 8.83. The van der Waals surface area contributed by atoms with Crippen LogP contribution < -0.4 is 21.7 Å². The fourth-order valence-electron chi connectivity index (χ4n) is 1.90. The van der Waals surface area contributed by atoms with Crippen LogP contribution in [0, 0.1) is 0 Å². The largest absolute Gasteiger partial charge is 0.383 e. The fraction of sp³-hybridized carbons (Fsp3) is 0.417. The average molecular weight is 250 g/mol. The molecule has 0 spiro atoms. The second kappa shape index (κ2) is 6.46. The van der Waals surface area contributed by atoms with Crippen molar-refractivity contribution in [3.05, 3.63) is 35.9 Å². The third kappa shape index (κ3) is 3.05. The number of nitrogens with one attached hydrogen (secondary N) is 4. The molecule has 0 aromatic heterocycles. The van der Waals surface area contributed by atoms with Gasteiger partial charge in [0.15, 0.2) is 0 Å². The van der Waals surface area contributed by atoms with E-state index in [4.69, 9.17) is 4.74 Å². The Hall–Kier alpha value is -1.47. The van der Waals surface area contributed by atoms with Crippen LogP contribution >= 0.6 is 0 Å². The Morgan fingerprint density at radius 2 is 2.11 bits per heavy atom. The molecule has 4 N–H and O–H groups in total. The zero-order chi connectivity index (χ0) is 12.8. The molecular weight excluding hydrogens is 232 g/mol. The molecule has 2 rings (SSSR count). The van der Waals surface area contributed by atoms with Crippen molar-refractivity contribution in [2.45, 2.75) is 12.1 Å². The van der Waals surface area contributed by atoms with E-state index in [1.807, 2.05) is 30.3 Å². The summed E-state index contributed by atoms with van der Waals surface area (Å²) in [5, 5.41) is 2.82. The summed E-state index contributed by atoms with van der Waals surface area (Å²) in [4.78, 5) is 12.0. The Kier molecular flexibility index (Phi) is 4.66. The van der Waals surface area contributed by atoms with Gasteiger partial charge in [0, 0.05) is 13.7 Å². The topological polar surface area (TPSA) is 74.4 Å². The van der Waals surface area contributed by atoms with Crippen molar-refractivity contribution in [3.63, 3.8) is 0 Å². The molecule has 6 nitrogen and oxygen atoms in total. The zero-order valence-electron chi connectivity index (χ0n) is 10.3. The molecule has 1 amide bonds. The lowest BCUT2D eigenvalue weighted by atomic mass is 10.0. The number of hydrazine groups is 2. The lowest BCUT2D eigenvalue weighted by Gasteiger charge is -2.17. The Bertz CT molecular complexity index is 385. The maximum Gasteiger partial charge on any atom is 0.240 e. The monoisotopic (exact) mass is 250 g/mol. The van der Waals surface area contributed by atoms with Crippen LogP contribution in [0.1, 0.15) is 11.6 Å². The molecule has 1 saturated heterocycles. The molecule has 1 heterocycles. The van der Waals surface area contributed by atoms with E-state index in [2.05, 4.69) is 21.7 Å². The summed E-state index contributed by atoms with van der Waals surface area (Å²) in [5.41, 5.74) is 9.82. The minimum absolute atomic E-state index is 0.0570. The molecular formula is C12H18N4O2. The van der Waals surface area contributed by atoms with Crippen molar-refractivity contribution >= 4 is 5.91 Å². The minimum Gasteiger partial charge on any atom is -0.383 e. The highest BCUT2D eigenvalue weighted by Crippen LogP contribution is 2.18. The maximum atomic E-state index is 12.0. The molecule has 1 fully saturated rings. The van der Waals surface area contributed by atoms with E-state index >= 15 is 0 Å². The average Bonchev–Trinajstić information content (AvgIpc) is 2.89. The molecule has 0 aliphatic carbocycles. The molecule has 18 heavy (non-hydrogen) atoms. The Balaban J connectivity index is 1.97. The van der Waals surface area contributed by atoms with E-state index < -0.39 is 0 Å². The number of rotatable bonds is 5. The van der Waals surface area contributed by atoms with Crippen molar-refractivity contribution in [3.8, 4) is 0 Å². The SMILES string of the molecule is COCCNC(=O)C1NNNC1c1ccccc1. The van der Waals surface area contributed by atoms with Crippen LogP contribution in [0.5, 0.6) is 0 Å². The van der Waals surface area contributed by atoms with Gasteiger partial charge < -0.3 is 10.1 Å². The minimum atomic E-state index is -0.343. The highest BCUT2D eigenvalue weighted by molar-refractivity contribution is 5.83. The number of amides is 1. The van der Waals surface area contributed by atoms with Crippen molar-refractivity contribution in [1.82, 2.24) is 21.7 Å². The van der Waals surface area contributed by atoms with Crippen LogP contribution in [0.3, 0.4) is 0 Å². The highest BCUT2D eigenvalue weighted by atomic mass is 16.5. The van der Waals surface area contributed by atoms with Crippen molar-refractivity contribution in [1.29, 1.82) is 0 Å². The summed E-state index contributed by atoms with van der Waals surface area (Å²) < 4.78 is 4.90. The quantitative estimate of drug-likeness (QED) is 0.529. The molecule has 1 aliphatic rings. The van der Waals surface area contributed by atoms with Gasteiger partial charge in [-0.15, -0.1) is 0 Å². The molecule has 1 aromatic rings. The summed E-state index contributed by atoms with van der Waals surface area (Å²) in [7, 11) is 1.61. The molecule has 0 radical (unpaired) electrons. The van der Waals surface area contributed by atoms with Gasteiger partial charge >= 0.3 is 0 Å². The number of ether oxygens (including phenoxy) is 1. The number of benzene rings is 1. The van der Waals surface area contributed by atoms with Crippen molar-refractivity contribution in [2.24, 2.45) is 0 Å². The first-order valence-corrected chi connectivity index (χ1v) is 5.90. The predicted octanol–water partition coefficient (Wildman–Crippen LogP) is -0.529. The van der Waals surface area contributed by atoms with Gasteiger partial charge in [0.25, 0.3) is 0 Å². The van der Waals surface area contributed by atoms with Crippen LogP contribution in [-0.2, 0) is 9.53 Å². The molecule has 2 atom stereocenters. The Morgan fingerprint density at radius 1 is 1.33 bits per heavy atom. The number of carbonyl (C=O) groups excluding carboxylic acids is 1. The Morgan fingerprint density at radius 3 is 2.83 bits per heavy atom. The van der Waals surface area contributed by atoms with Crippen LogP contribution in [0.2, 0.25) is 0 Å². The number of hydrogen-bond donors (Lipinski definition) is 4. The van der Waals surface area contributed by atoms with E-state index in [1.54, 1.807) is 7.11 Å². The van der Waals surface area contributed by atoms with E-state index in [-0.39, 0.29) is 18.0 Å². The van der Waals surface area contributed by atoms with Gasteiger partial charge in [0.05, 0.1) is 12.6 Å². The van der Waals surface area contributed by atoms with E-state index in [0.29, 0.717) is 13.2 Å².